The molecule has 3 rings (SSSR count). The third-order valence-corrected chi connectivity index (χ3v) is 4.37. The molecule has 0 aliphatic carbocycles. The Kier molecular flexibility index (Phi) is 6.45. The smallest absolute Gasteiger partial charge is 0.387 e. The maximum absolute atomic E-state index is 12.6. The monoisotopic (exact) mass is 378 g/mol. The van der Waals surface area contributed by atoms with Gasteiger partial charge in [0.1, 0.15) is 5.75 Å². The highest BCUT2D eigenvalue weighted by Crippen LogP contribution is 2.31. The molecule has 1 fully saturated rings. The van der Waals surface area contributed by atoms with Crippen molar-refractivity contribution in [2.75, 3.05) is 31.6 Å². The van der Waals surface area contributed by atoms with Crippen molar-refractivity contribution in [1.29, 1.82) is 0 Å². The molecule has 27 heavy (non-hydrogen) atoms. The molecule has 1 unspecified atom stereocenters. The summed E-state index contributed by atoms with van der Waals surface area (Å²) in [5, 5.41) is 10.8. The number of halogens is 2. The number of guanidine groups is 1. The fourth-order valence-electron chi connectivity index (χ4n) is 3.12. The number of alkyl halides is 2. The van der Waals surface area contributed by atoms with Crippen LogP contribution in [0.15, 0.2) is 47.7 Å². The number of rotatable bonds is 7. The largest absolute Gasteiger partial charge is 0.433 e. The second kappa shape index (κ2) is 9.20. The van der Waals surface area contributed by atoms with Gasteiger partial charge in [0.25, 0.3) is 0 Å². The lowest BCUT2D eigenvalue weighted by Gasteiger charge is -2.22. The van der Waals surface area contributed by atoms with Crippen LogP contribution >= 0.6 is 0 Å². The number of anilines is 1. The first kappa shape index (κ1) is 18.9. The van der Waals surface area contributed by atoms with Crippen LogP contribution in [0.3, 0.4) is 0 Å². The van der Waals surface area contributed by atoms with E-state index >= 15 is 0 Å². The van der Waals surface area contributed by atoms with Gasteiger partial charge in [-0.3, -0.25) is 9.67 Å². The molecular formula is C18H24F2N6O. The van der Waals surface area contributed by atoms with Crippen molar-refractivity contribution < 1.29 is 13.5 Å². The molecule has 1 saturated heterocycles. The Morgan fingerprint density at radius 2 is 2.22 bits per heavy atom. The fraction of sp³-hybridized carbons (Fsp3) is 0.444. The van der Waals surface area contributed by atoms with Crippen LogP contribution in [-0.2, 0) is 6.54 Å². The van der Waals surface area contributed by atoms with Gasteiger partial charge in [0, 0.05) is 45.1 Å². The van der Waals surface area contributed by atoms with E-state index in [0.717, 1.165) is 19.5 Å². The SMILES string of the molecule is CN=C(NCCn1cccn1)NC1CCN(c2ccccc2OC(F)F)C1. The van der Waals surface area contributed by atoms with Crippen molar-refractivity contribution in [3.63, 3.8) is 0 Å². The van der Waals surface area contributed by atoms with Crippen LogP contribution in [0.5, 0.6) is 5.75 Å². The van der Waals surface area contributed by atoms with Gasteiger partial charge in [-0.15, -0.1) is 0 Å². The fourth-order valence-corrected chi connectivity index (χ4v) is 3.12. The number of aliphatic imine (C=N–C) groups is 1. The molecule has 1 aromatic carbocycles. The average Bonchev–Trinajstić information content (AvgIpc) is 3.33. The Balaban J connectivity index is 1.51. The van der Waals surface area contributed by atoms with Gasteiger partial charge in [-0.2, -0.15) is 13.9 Å². The van der Waals surface area contributed by atoms with Crippen molar-refractivity contribution in [1.82, 2.24) is 20.4 Å². The van der Waals surface area contributed by atoms with Crippen molar-refractivity contribution in [3.8, 4) is 5.75 Å². The van der Waals surface area contributed by atoms with Gasteiger partial charge in [-0.1, -0.05) is 12.1 Å². The predicted octanol–water partition coefficient (Wildman–Crippen LogP) is 1.93. The number of benzene rings is 1. The van der Waals surface area contributed by atoms with Crippen LogP contribution in [0.2, 0.25) is 0 Å². The van der Waals surface area contributed by atoms with Crippen molar-refractivity contribution in [2.45, 2.75) is 25.6 Å². The highest BCUT2D eigenvalue weighted by Gasteiger charge is 2.25. The van der Waals surface area contributed by atoms with Crippen LogP contribution in [0, 0.1) is 0 Å². The first-order chi connectivity index (χ1) is 13.2. The Hall–Kier alpha value is -2.84. The average molecular weight is 378 g/mol. The van der Waals surface area contributed by atoms with E-state index in [4.69, 9.17) is 0 Å². The maximum Gasteiger partial charge on any atom is 0.387 e. The van der Waals surface area contributed by atoms with Gasteiger partial charge in [-0.05, 0) is 24.6 Å². The zero-order valence-corrected chi connectivity index (χ0v) is 15.2. The van der Waals surface area contributed by atoms with Crippen LogP contribution in [-0.4, -0.2) is 55.1 Å². The van der Waals surface area contributed by atoms with Gasteiger partial charge in [0.2, 0.25) is 0 Å². The van der Waals surface area contributed by atoms with Gasteiger partial charge in [-0.25, -0.2) is 0 Å². The third-order valence-electron chi connectivity index (χ3n) is 4.37. The zero-order valence-electron chi connectivity index (χ0n) is 15.2. The Labute approximate surface area is 157 Å². The molecule has 1 aliphatic heterocycles. The number of para-hydroxylation sites is 2. The molecule has 0 amide bonds. The lowest BCUT2D eigenvalue weighted by molar-refractivity contribution is -0.0495. The first-order valence-corrected chi connectivity index (χ1v) is 8.89. The second-order valence-electron chi connectivity index (χ2n) is 6.19. The van der Waals surface area contributed by atoms with E-state index in [-0.39, 0.29) is 11.8 Å². The Morgan fingerprint density at radius 1 is 1.37 bits per heavy atom. The number of hydrogen-bond donors (Lipinski definition) is 2. The molecule has 1 aromatic heterocycles. The zero-order chi connectivity index (χ0) is 19.1. The molecule has 0 saturated carbocycles. The first-order valence-electron chi connectivity index (χ1n) is 8.89. The normalized spacial score (nSPS) is 17.4. The summed E-state index contributed by atoms with van der Waals surface area (Å²) < 4.78 is 31.7. The van der Waals surface area contributed by atoms with E-state index < -0.39 is 6.61 Å². The Morgan fingerprint density at radius 3 is 2.96 bits per heavy atom. The maximum atomic E-state index is 12.6. The molecule has 1 atom stereocenters. The van der Waals surface area contributed by atoms with Crippen molar-refractivity contribution >= 4 is 11.6 Å². The van der Waals surface area contributed by atoms with E-state index in [1.165, 1.54) is 0 Å². The minimum atomic E-state index is -2.83. The number of hydrogen-bond acceptors (Lipinski definition) is 4. The summed E-state index contributed by atoms with van der Waals surface area (Å²) in [6, 6.07) is 8.94. The standard InChI is InChI=1S/C18H24F2N6O/c1-21-18(22-9-12-26-10-4-8-23-26)24-14-7-11-25(13-14)15-5-2-3-6-16(15)27-17(19)20/h2-6,8,10,14,17H,7,9,11-13H2,1H3,(H2,21,22,24). The number of nitrogens with zero attached hydrogens (tertiary/aromatic N) is 4. The van der Waals surface area contributed by atoms with Crippen molar-refractivity contribution in [2.24, 2.45) is 4.99 Å². The molecule has 0 spiro atoms. The molecular weight excluding hydrogens is 354 g/mol. The molecule has 7 nitrogen and oxygen atoms in total. The van der Waals surface area contributed by atoms with Gasteiger partial charge in [0.15, 0.2) is 5.96 Å². The molecule has 2 N–H and O–H groups in total. The number of ether oxygens (including phenoxy) is 1. The van der Waals surface area contributed by atoms with Crippen LogP contribution in [0.4, 0.5) is 14.5 Å². The highest BCUT2D eigenvalue weighted by atomic mass is 19.3. The van der Waals surface area contributed by atoms with E-state index in [1.807, 2.05) is 27.9 Å². The van der Waals surface area contributed by atoms with Gasteiger partial charge >= 0.3 is 6.61 Å². The van der Waals surface area contributed by atoms with Gasteiger partial charge < -0.3 is 20.3 Å². The molecule has 2 heterocycles. The molecule has 146 valence electrons. The van der Waals surface area contributed by atoms with E-state index in [0.29, 0.717) is 24.7 Å². The summed E-state index contributed by atoms with van der Waals surface area (Å²) in [5.74, 6) is 0.918. The summed E-state index contributed by atoms with van der Waals surface area (Å²) in [4.78, 5) is 6.30. The lowest BCUT2D eigenvalue weighted by atomic mass is 10.2. The van der Waals surface area contributed by atoms with E-state index in [9.17, 15) is 8.78 Å². The predicted molar refractivity (Wildman–Crippen MR) is 100 cm³/mol. The van der Waals surface area contributed by atoms with E-state index in [1.54, 1.807) is 31.4 Å². The summed E-state index contributed by atoms with van der Waals surface area (Å²) >= 11 is 0. The number of aromatic nitrogens is 2. The molecule has 9 heteroatoms. The Bertz CT molecular complexity index is 737. The summed E-state index contributed by atoms with van der Waals surface area (Å²) in [7, 11) is 1.72. The van der Waals surface area contributed by atoms with Crippen LogP contribution in [0.1, 0.15) is 6.42 Å². The highest BCUT2D eigenvalue weighted by molar-refractivity contribution is 5.80. The van der Waals surface area contributed by atoms with Gasteiger partial charge in [0.05, 0.1) is 12.2 Å². The quantitative estimate of drug-likeness (QED) is 0.569. The topological polar surface area (TPSA) is 66.7 Å². The summed E-state index contributed by atoms with van der Waals surface area (Å²) in [5.41, 5.74) is 0.684. The second-order valence-corrected chi connectivity index (χ2v) is 6.19. The minimum Gasteiger partial charge on any atom is -0.433 e. The third kappa shape index (κ3) is 5.32. The van der Waals surface area contributed by atoms with E-state index in [2.05, 4.69) is 25.5 Å². The summed E-state index contributed by atoms with van der Waals surface area (Å²) in [6.07, 6.45) is 4.53. The summed E-state index contributed by atoms with van der Waals surface area (Å²) in [6.45, 7) is 0.0428. The molecule has 2 aromatic rings. The molecule has 0 bridgehead atoms. The number of nitrogens with one attached hydrogen (secondary N) is 2. The van der Waals surface area contributed by atoms with Crippen molar-refractivity contribution in [3.05, 3.63) is 42.7 Å². The lowest BCUT2D eigenvalue weighted by Crippen LogP contribution is -2.45. The molecule has 0 radical (unpaired) electrons. The minimum absolute atomic E-state index is 0.167. The van der Waals surface area contributed by atoms with Crippen LogP contribution < -0.4 is 20.3 Å². The molecule has 1 aliphatic rings. The van der Waals surface area contributed by atoms with Crippen LogP contribution in [0.25, 0.3) is 0 Å².